The number of benzene rings is 1. The fraction of sp³-hybridized carbons (Fsp3) is 0.250. The first-order valence-corrected chi connectivity index (χ1v) is 5.34. The number of nitrogens with one attached hydrogen (secondary N) is 1. The predicted molar refractivity (Wildman–Crippen MR) is 65.1 cm³/mol. The minimum atomic E-state index is -1.33. The molecule has 3 N–H and O–H groups in total. The van der Waals surface area contributed by atoms with Crippen LogP contribution in [0.3, 0.4) is 0 Å². The minimum Gasteiger partial charge on any atom is -0.481 e. The van der Waals surface area contributed by atoms with Gasteiger partial charge in [-0.15, -0.1) is 0 Å². The highest BCUT2D eigenvalue weighted by Gasteiger charge is 2.22. The monoisotopic (exact) mass is 267 g/mol. The first-order valence-electron chi connectivity index (χ1n) is 5.34. The molecule has 0 radical (unpaired) electrons. The van der Waals surface area contributed by atoms with Gasteiger partial charge in [0.05, 0.1) is 19.1 Å². The number of carboxylic acids is 2. The number of carbonyl (C=O) groups is 3. The molecule has 0 aliphatic carbocycles. The zero-order chi connectivity index (χ0) is 14.4. The summed E-state index contributed by atoms with van der Waals surface area (Å²) in [4.78, 5) is 33.0. The van der Waals surface area contributed by atoms with Crippen molar-refractivity contribution < 1.29 is 29.3 Å². The lowest BCUT2D eigenvalue weighted by Gasteiger charge is -2.16. The van der Waals surface area contributed by atoms with Crippen molar-refractivity contribution in [3.8, 4) is 0 Å². The summed E-state index contributed by atoms with van der Waals surface area (Å²) in [5.74, 6) is -3.21. The molecule has 1 atom stereocenters. The van der Waals surface area contributed by atoms with E-state index in [4.69, 9.17) is 10.2 Å². The third-order valence-electron chi connectivity index (χ3n) is 2.34. The molecule has 0 aromatic heterocycles. The van der Waals surface area contributed by atoms with Gasteiger partial charge in [-0.1, -0.05) is 12.1 Å². The molecule has 1 rings (SSSR count). The van der Waals surface area contributed by atoms with E-state index in [1.807, 2.05) is 0 Å². The lowest BCUT2D eigenvalue weighted by atomic mass is 10.1. The normalized spacial score (nSPS) is 11.4. The van der Waals surface area contributed by atoms with Crippen molar-refractivity contribution >= 4 is 23.6 Å². The van der Waals surface area contributed by atoms with E-state index in [0.717, 1.165) is 0 Å². The van der Waals surface area contributed by atoms with Gasteiger partial charge in [-0.05, 0) is 12.1 Å². The molecular weight excluding hydrogens is 254 g/mol. The van der Waals surface area contributed by atoms with Gasteiger partial charge in [-0.3, -0.25) is 4.79 Å². The van der Waals surface area contributed by atoms with Crippen molar-refractivity contribution in [3.05, 3.63) is 29.8 Å². The third kappa shape index (κ3) is 3.98. The van der Waals surface area contributed by atoms with Crippen molar-refractivity contribution in [2.75, 3.05) is 12.4 Å². The van der Waals surface area contributed by atoms with Crippen LogP contribution in [0, 0.1) is 0 Å². The average Bonchev–Trinajstić information content (AvgIpc) is 2.37. The van der Waals surface area contributed by atoms with Crippen LogP contribution in [0.4, 0.5) is 5.69 Å². The topological polar surface area (TPSA) is 113 Å². The largest absolute Gasteiger partial charge is 0.481 e. The van der Waals surface area contributed by atoms with Gasteiger partial charge in [-0.25, -0.2) is 9.59 Å². The Balaban J connectivity index is 2.99. The average molecular weight is 267 g/mol. The SMILES string of the molecule is COC(=O)c1ccccc1NC(CC(=O)O)C(=O)O. The first kappa shape index (κ1) is 14.5. The molecule has 19 heavy (non-hydrogen) atoms. The minimum absolute atomic E-state index is 0.140. The molecule has 0 saturated carbocycles. The fourth-order valence-corrected chi connectivity index (χ4v) is 1.46. The van der Waals surface area contributed by atoms with Crippen molar-refractivity contribution in [2.24, 2.45) is 0 Å². The second-order valence-corrected chi connectivity index (χ2v) is 3.67. The highest BCUT2D eigenvalue weighted by Crippen LogP contribution is 2.18. The predicted octanol–water partition coefficient (Wildman–Crippen LogP) is 0.813. The third-order valence-corrected chi connectivity index (χ3v) is 2.34. The molecular formula is C12H13NO6. The van der Waals surface area contributed by atoms with Crippen LogP contribution in [0.15, 0.2) is 24.3 Å². The van der Waals surface area contributed by atoms with E-state index in [0.29, 0.717) is 0 Å². The molecule has 0 aliphatic rings. The molecule has 102 valence electrons. The summed E-state index contributed by atoms with van der Waals surface area (Å²) in [6.45, 7) is 0. The highest BCUT2D eigenvalue weighted by molar-refractivity contribution is 5.96. The molecule has 1 unspecified atom stereocenters. The van der Waals surface area contributed by atoms with Gasteiger partial charge in [-0.2, -0.15) is 0 Å². The summed E-state index contributed by atoms with van der Waals surface area (Å²) in [6, 6.07) is 4.78. The van der Waals surface area contributed by atoms with E-state index in [9.17, 15) is 14.4 Å². The van der Waals surface area contributed by atoms with Gasteiger partial charge in [0.2, 0.25) is 0 Å². The van der Waals surface area contributed by atoms with E-state index in [1.165, 1.54) is 19.2 Å². The Kier molecular flexibility index (Phi) is 4.87. The molecule has 0 spiro atoms. The van der Waals surface area contributed by atoms with Crippen molar-refractivity contribution in [1.82, 2.24) is 0 Å². The van der Waals surface area contributed by atoms with Crippen LogP contribution in [0.2, 0.25) is 0 Å². The molecule has 0 saturated heterocycles. The number of carboxylic acid groups (broad SMARTS) is 2. The van der Waals surface area contributed by atoms with Gasteiger partial charge in [0, 0.05) is 5.69 Å². The summed E-state index contributed by atoms with van der Waals surface area (Å²) in [5, 5.41) is 20.1. The summed E-state index contributed by atoms with van der Waals surface area (Å²) >= 11 is 0. The molecule has 7 heteroatoms. The van der Waals surface area contributed by atoms with Crippen LogP contribution in [0.1, 0.15) is 16.8 Å². The number of para-hydroxylation sites is 1. The molecule has 0 aliphatic heterocycles. The molecule has 1 aromatic carbocycles. The summed E-state index contributed by atoms with van der Waals surface area (Å²) in [5.41, 5.74) is 0.352. The number of ether oxygens (including phenoxy) is 1. The van der Waals surface area contributed by atoms with Crippen LogP contribution in [-0.4, -0.2) is 41.3 Å². The lowest BCUT2D eigenvalue weighted by Crippen LogP contribution is -2.32. The zero-order valence-corrected chi connectivity index (χ0v) is 10.1. The Hall–Kier alpha value is -2.57. The van der Waals surface area contributed by atoms with Crippen LogP contribution in [0.5, 0.6) is 0 Å². The number of methoxy groups -OCH3 is 1. The Morgan fingerprint density at radius 3 is 2.42 bits per heavy atom. The van der Waals surface area contributed by atoms with Gasteiger partial charge >= 0.3 is 17.9 Å². The number of carbonyl (C=O) groups excluding carboxylic acids is 1. The number of hydrogen-bond donors (Lipinski definition) is 3. The Morgan fingerprint density at radius 1 is 1.26 bits per heavy atom. The maximum absolute atomic E-state index is 11.5. The van der Waals surface area contributed by atoms with Crippen LogP contribution < -0.4 is 5.32 Å². The zero-order valence-electron chi connectivity index (χ0n) is 10.1. The Labute approximate surface area is 108 Å². The van der Waals surface area contributed by atoms with Crippen molar-refractivity contribution in [2.45, 2.75) is 12.5 Å². The van der Waals surface area contributed by atoms with Gasteiger partial charge in [0.25, 0.3) is 0 Å². The number of anilines is 1. The maximum atomic E-state index is 11.5. The number of esters is 1. The van der Waals surface area contributed by atoms with E-state index < -0.39 is 30.4 Å². The van der Waals surface area contributed by atoms with E-state index in [2.05, 4.69) is 10.1 Å². The van der Waals surface area contributed by atoms with Gasteiger partial charge in [0.15, 0.2) is 0 Å². The second kappa shape index (κ2) is 6.39. The number of hydrogen-bond acceptors (Lipinski definition) is 5. The second-order valence-electron chi connectivity index (χ2n) is 3.67. The van der Waals surface area contributed by atoms with Crippen LogP contribution >= 0.6 is 0 Å². The van der Waals surface area contributed by atoms with Crippen LogP contribution in [-0.2, 0) is 14.3 Å². The molecule has 0 fully saturated rings. The number of aliphatic carboxylic acids is 2. The van der Waals surface area contributed by atoms with E-state index in [-0.39, 0.29) is 11.3 Å². The standard InChI is InChI=1S/C12H13NO6/c1-19-12(18)7-4-2-3-5-8(7)13-9(11(16)17)6-10(14)15/h2-5,9,13H,6H2,1H3,(H,14,15)(H,16,17). The quantitative estimate of drug-likeness (QED) is 0.653. The summed E-state index contributed by atoms with van der Waals surface area (Å²) < 4.78 is 4.56. The summed E-state index contributed by atoms with van der Waals surface area (Å²) in [7, 11) is 1.20. The Morgan fingerprint density at radius 2 is 1.89 bits per heavy atom. The smallest absolute Gasteiger partial charge is 0.339 e. The number of rotatable bonds is 6. The van der Waals surface area contributed by atoms with Crippen molar-refractivity contribution in [3.63, 3.8) is 0 Å². The Bertz CT molecular complexity index is 499. The van der Waals surface area contributed by atoms with Gasteiger partial charge in [0.1, 0.15) is 6.04 Å². The van der Waals surface area contributed by atoms with E-state index >= 15 is 0 Å². The molecule has 0 heterocycles. The maximum Gasteiger partial charge on any atom is 0.339 e. The molecule has 7 nitrogen and oxygen atoms in total. The first-order chi connectivity index (χ1) is 8.95. The fourth-order valence-electron chi connectivity index (χ4n) is 1.46. The molecule has 0 bridgehead atoms. The van der Waals surface area contributed by atoms with E-state index in [1.54, 1.807) is 12.1 Å². The summed E-state index contributed by atoms with van der Waals surface area (Å²) in [6.07, 6.45) is -0.606. The molecule has 0 amide bonds. The highest BCUT2D eigenvalue weighted by atomic mass is 16.5. The van der Waals surface area contributed by atoms with Gasteiger partial charge < -0.3 is 20.3 Å². The van der Waals surface area contributed by atoms with Crippen molar-refractivity contribution in [1.29, 1.82) is 0 Å². The lowest BCUT2D eigenvalue weighted by molar-refractivity contribution is -0.144. The van der Waals surface area contributed by atoms with Crippen LogP contribution in [0.25, 0.3) is 0 Å². The molecule has 1 aromatic rings.